The molecule has 0 unspecified atom stereocenters. The summed E-state index contributed by atoms with van der Waals surface area (Å²) in [5.74, 6) is -7.50. The van der Waals surface area contributed by atoms with Crippen LogP contribution in [0.1, 0.15) is 107 Å². The summed E-state index contributed by atoms with van der Waals surface area (Å²) < 4.78 is 97.0. The average Bonchev–Trinajstić information content (AvgIpc) is 2.10. The normalized spacial score (nSPS) is 7.80. The molecule has 0 heterocycles. The first-order valence-electron chi connectivity index (χ1n) is 7.06. The Kier molecular flexibility index (Phi) is 134. The molecule has 30 heavy (non-hydrogen) atoms. The van der Waals surface area contributed by atoms with Gasteiger partial charge in [-0.05, 0) is 62.3 Å². The van der Waals surface area contributed by atoms with Gasteiger partial charge in [-0.3, -0.25) is 13.2 Å². The van der Waals surface area contributed by atoms with Crippen molar-refractivity contribution in [2.75, 3.05) is 20.0 Å². The Bertz CT molecular complexity index is 131. The van der Waals surface area contributed by atoms with Gasteiger partial charge in [-0.25, -0.2) is 26.3 Å². The molecular formula is C21H57F9. The SMILES string of the molecule is C.C.C.C.C.C.CC(C)(F)F.CC(C)(F)F.CC(C)(F)F.CCF.CCF.CCF. The molecule has 0 aliphatic heterocycles. The Morgan fingerprint density at radius 2 is 0.367 bits per heavy atom. The second-order valence-corrected chi connectivity index (χ2v) is 4.78. The van der Waals surface area contributed by atoms with Gasteiger partial charge in [0.25, 0.3) is 0 Å². The highest BCUT2D eigenvalue weighted by Gasteiger charge is 2.09. The lowest BCUT2D eigenvalue weighted by atomic mass is 10.5. The van der Waals surface area contributed by atoms with Crippen molar-refractivity contribution in [2.24, 2.45) is 0 Å². The van der Waals surface area contributed by atoms with E-state index in [1.165, 1.54) is 20.8 Å². The van der Waals surface area contributed by atoms with E-state index in [1.54, 1.807) is 0 Å². The van der Waals surface area contributed by atoms with Crippen molar-refractivity contribution < 1.29 is 39.5 Å². The molecule has 0 bridgehead atoms. The number of hydrogen-bond donors (Lipinski definition) is 0. The summed E-state index contributed by atoms with van der Waals surface area (Å²) in [6, 6.07) is 0. The Morgan fingerprint density at radius 3 is 0.367 bits per heavy atom. The van der Waals surface area contributed by atoms with Gasteiger partial charge in [0.15, 0.2) is 0 Å². The first-order chi connectivity index (χ1) is 10.2. The van der Waals surface area contributed by atoms with Crippen LogP contribution < -0.4 is 0 Å². The zero-order chi connectivity index (χ0) is 21.6. The van der Waals surface area contributed by atoms with Crippen LogP contribution in [0, 0.1) is 0 Å². The lowest BCUT2D eigenvalue weighted by molar-refractivity contribution is 0.0428. The monoisotopic (exact) mass is 480 g/mol. The minimum atomic E-state index is -2.50. The van der Waals surface area contributed by atoms with Crippen LogP contribution in [0.2, 0.25) is 0 Å². The molecule has 9 heteroatoms. The van der Waals surface area contributed by atoms with Gasteiger partial charge in [0.2, 0.25) is 17.8 Å². The maximum atomic E-state index is 11.0. The van der Waals surface area contributed by atoms with Crippen LogP contribution in [0.15, 0.2) is 0 Å². The van der Waals surface area contributed by atoms with E-state index in [-0.39, 0.29) is 64.6 Å². The summed E-state index contributed by atoms with van der Waals surface area (Å²) in [5.41, 5.74) is 0. The first kappa shape index (κ1) is 78.3. The van der Waals surface area contributed by atoms with E-state index < -0.39 is 17.8 Å². The molecule has 0 saturated carbocycles. The quantitative estimate of drug-likeness (QED) is 0.302. The average molecular weight is 481 g/mol. The molecule has 0 spiro atoms. The summed E-state index contributed by atoms with van der Waals surface area (Å²) in [4.78, 5) is 0. The molecule has 0 nitrogen and oxygen atoms in total. The fourth-order valence-corrected chi connectivity index (χ4v) is 0. The number of hydrogen-bond acceptors (Lipinski definition) is 0. The van der Waals surface area contributed by atoms with Crippen molar-refractivity contribution in [1.29, 1.82) is 0 Å². The molecule has 0 radical (unpaired) electrons. The number of rotatable bonds is 0. The lowest BCUT2D eigenvalue weighted by Crippen LogP contribution is -1.98. The zero-order valence-corrected chi connectivity index (χ0v) is 16.0. The van der Waals surface area contributed by atoms with Gasteiger partial charge < -0.3 is 0 Å². The highest BCUT2D eigenvalue weighted by atomic mass is 19.3. The first-order valence-corrected chi connectivity index (χ1v) is 7.06. The molecular weight excluding hydrogens is 423 g/mol. The number of alkyl halides is 9. The fraction of sp³-hybridized carbons (Fsp3) is 1.00. The lowest BCUT2D eigenvalue weighted by Gasteiger charge is -1.94. The molecule has 0 aromatic heterocycles. The van der Waals surface area contributed by atoms with Crippen molar-refractivity contribution in [3.8, 4) is 0 Å². The van der Waals surface area contributed by atoms with Crippen molar-refractivity contribution in [3.05, 3.63) is 0 Å². The van der Waals surface area contributed by atoms with Crippen molar-refractivity contribution in [3.63, 3.8) is 0 Å². The molecule has 0 rings (SSSR count). The van der Waals surface area contributed by atoms with Crippen LogP contribution in [-0.4, -0.2) is 37.8 Å². The van der Waals surface area contributed by atoms with E-state index >= 15 is 0 Å². The largest absolute Gasteiger partial charge is 0.251 e. The van der Waals surface area contributed by atoms with E-state index in [2.05, 4.69) is 0 Å². The Balaban J connectivity index is -0.0000000126. The van der Waals surface area contributed by atoms with Gasteiger partial charge in [0, 0.05) is 0 Å². The summed E-state index contributed by atoms with van der Waals surface area (Å²) in [7, 11) is 0. The number of halogens is 9. The van der Waals surface area contributed by atoms with Crippen molar-refractivity contribution in [1.82, 2.24) is 0 Å². The van der Waals surface area contributed by atoms with E-state index in [4.69, 9.17) is 0 Å². The minimum Gasteiger partial charge on any atom is -0.251 e. The molecule has 0 aromatic rings. The Hall–Kier alpha value is -0.630. The third-order valence-corrected chi connectivity index (χ3v) is 0. The second kappa shape index (κ2) is 51.2. The topological polar surface area (TPSA) is 0 Å². The van der Waals surface area contributed by atoms with E-state index in [1.807, 2.05) is 0 Å². The van der Waals surface area contributed by atoms with E-state index in [9.17, 15) is 39.5 Å². The van der Waals surface area contributed by atoms with Gasteiger partial charge in [-0.2, -0.15) is 0 Å². The van der Waals surface area contributed by atoms with Gasteiger partial charge in [0.05, 0.1) is 20.0 Å². The second-order valence-electron chi connectivity index (χ2n) is 4.78. The highest BCUT2D eigenvalue weighted by Crippen LogP contribution is 2.07. The molecule has 0 aliphatic rings. The van der Waals surface area contributed by atoms with E-state index in [0.29, 0.717) is 0 Å². The van der Waals surface area contributed by atoms with E-state index in [0.717, 1.165) is 41.5 Å². The standard InChI is InChI=1S/3C3H6F2.3C2H5F.6CH4/c3*1-3(2,4)5;3*1-2-3;;;;;;/h3*1-2H3;3*2H2,1H3;6*1H4. The smallest absolute Gasteiger partial charge is 0.242 e. The van der Waals surface area contributed by atoms with Crippen LogP contribution >= 0.6 is 0 Å². The maximum absolute atomic E-state index is 11.0. The van der Waals surface area contributed by atoms with Crippen molar-refractivity contribution in [2.45, 2.75) is 125 Å². The predicted molar refractivity (Wildman–Crippen MR) is 124 cm³/mol. The summed E-state index contributed by atoms with van der Waals surface area (Å²) in [5, 5.41) is 0. The van der Waals surface area contributed by atoms with Crippen LogP contribution in [0.5, 0.6) is 0 Å². The molecule has 0 amide bonds. The summed E-state index contributed by atoms with van der Waals surface area (Å²) in [6.07, 6.45) is 0. The highest BCUT2D eigenvalue weighted by molar-refractivity contribution is 4.41. The maximum Gasteiger partial charge on any atom is 0.242 e. The molecule has 204 valence electrons. The fourth-order valence-electron chi connectivity index (χ4n) is 0. The summed E-state index contributed by atoms with van der Waals surface area (Å²) >= 11 is 0. The van der Waals surface area contributed by atoms with Gasteiger partial charge >= 0.3 is 0 Å². The van der Waals surface area contributed by atoms with Crippen LogP contribution in [-0.2, 0) is 0 Å². The summed E-state index contributed by atoms with van der Waals surface area (Å²) in [6.45, 7) is 8.75. The van der Waals surface area contributed by atoms with Crippen LogP contribution in [0.3, 0.4) is 0 Å². The zero-order valence-electron chi connectivity index (χ0n) is 16.0. The van der Waals surface area contributed by atoms with Gasteiger partial charge in [-0.15, -0.1) is 0 Å². The molecule has 0 fully saturated rings. The van der Waals surface area contributed by atoms with Gasteiger partial charge in [-0.1, -0.05) is 44.6 Å². The third kappa shape index (κ3) is 48000. The Labute approximate surface area is 185 Å². The third-order valence-electron chi connectivity index (χ3n) is 0. The Morgan fingerprint density at radius 1 is 0.367 bits per heavy atom. The van der Waals surface area contributed by atoms with Crippen LogP contribution in [0.4, 0.5) is 39.5 Å². The predicted octanol–water partition coefficient (Wildman–Crippen LogP) is 11.7. The van der Waals surface area contributed by atoms with Crippen molar-refractivity contribution >= 4 is 0 Å². The molecule has 0 aliphatic carbocycles. The molecule has 0 N–H and O–H groups in total. The molecule has 0 atom stereocenters. The minimum absolute atomic E-state index is 0. The molecule has 0 saturated heterocycles. The molecule has 0 aromatic carbocycles. The van der Waals surface area contributed by atoms with Gasteiger partial charge in [0.1, 0.15) is 0 Å². The van der Waals surface area contributed by atoms with Crippen LogP contribution in [0.25, 0.3) is 0 Å².